The fourth-order valence-corrected chi connectivity index (χ4v) is 5.69. The minimum atomic E-state index is -0.176. The Bertz CT molecular complexity index is 1310. The fraction of sp³-hybridized carbons (Fsp3) is 0.375. The van der Waals surface area contributed by atoms with E-state index in [4.69, 9.17) is 4.74 Å². The Morgan fingerprint density at radius 2 is 1.44 bits per heavy atom. The highest BCUT2D eigenvalue weighted by Crippen LogP contribution is 2.31. The molecule has 204 valence electrons. The van der Waals surface area contributed by atoms with Crippen molar-refractivity contribution in [2.24, 2.45) is 0 Å². The second-order valence-corrected chi connectivity index (χ2v) is 10.5. The summed E-state index contributed by atoms with van der Waals surface area (Å²) in [7, 11) is 1.70. The highest BCUT2D eigenvalue weighted by molar-refractivity contribution is 6.07. The first-order valence-corrected chi connectivity index (χ1v) is 14.0. The number of nitrogens with zero attached hydrogens (tertiary/aromatic N) is 2. The number of hydrogen-bond acceptors (Lipinski definition) is 5. The van der Waals surface area contributed by atoms with E-state index in [0.717, 1.165) is 74.6 Å². The molecule has 1 aliphatic heterocycles. The van der Waals surface area contributed by atoms with Crippen LogP contribution < -0.4 is 25.2 Å². The van der Waals surface area contributed by atoms with Crippen LogP contribution in [0.15, 0.2) is 66.7 Å². The second kappa shape index (κ2) is 12.2. The molecule has 0 atom stereocenters. The lowest BCUT2D eigenvalue weighted by molar-refractivity contribution is 0.0927. The number of methoxy groups -OCH3 is 1. The van der Waals surface area contributed by atoms with Crippen LogP contribution >= 0.6 is 0 Å². The number of ether oxygens (including phenoxy) is 1. The molecule has 3 aromatic rings. The molecule has 7 nitrogen and oxygen atoms in total. The number of aryl methyl sites for hydroxylation is 1. The summed E-state index contributed by atoms with van der Waals surface area (Å²) in [4.78, 5) is 31.2. The summed E-state index contributed by atoms with van der Waals surface area (Å²) >= 11 is 0. The predicted octanol–water partition coefficient (Wildman–Crippen LogP) is 5.65. The van der Waals surface area contributed by atoms with E-state index in [1.165, 1.54) is 6.42 Å². The SMILES string of the molecule is COc1ccccc1N1CCN(c2ccc(NC(=O)c3ccccc3C)cc2C(=O)NC2CCCCC2)CC1. The third-order valence-electron chi connectivity index (χ3n) is 7.88. The Hall–Kier alpha value is -4.00. The molecule has 7 heteroatoms. The monoisotopic (exact) mass is 526 g/mol. The summed E-state index contributed by atoms with van der Waals surface area (Å²) in [5, 5.41) is 6.29. The molecule has 1 heterocycles. The van der Waals surface area contributed by atoms with Gasteiger partial charge in [-0.1, -0.05) is 49.6 Å². The molecule has 2 aliphatic rings. The molecule has 5 rings (SSSR count). The third-order valence-corrected chi connectivity index (χ3v) is 7.88. The molecule has 1 saturated heterocycles. The van der Waals surface area contributed by atoms with Gasteiger partial charge in [0.2, 0.25) is 0 Å². The summed E-state index contributed by atoms with van der Waals surface area (Å²) in [5.74, 6) is 0.619. The summed E-state index contributed by atoms with van der Waals surface area (Å²) in [6, 6.07) is 21.5. The first kappa shape index (κ1) is 26.6. The number of para-hydroxylation sites is 2. The summed E-state index contributed by atoms with van der Waals surface area (Å²) < 4.78 is 5.57. The number of piperazine rings is 1. The van der Waals surface area contributed by atoms with Gasteiger partial charge in [-0.05, 0) is 61.7 Å². The Kier molecular flexibility index (Phi) is 8.35. The Balaban J connectivity index is 1.37. The van der Waals surface area contributed by atoms with Crippen LogP contribution in [-0.4, -0.2) is 51.1 Å². The van der Waals surface area contributed by atoms with Gasteiger partial charge in [0.25, 0.3) is 11.8 Å². The number of rotatable bonds is 7. The maximum atomic E-state index is 13.6. The van der Waals surface area contributed by atoms with Gasteiger partial charge in [0.05, 0.1) is 18.4 Å². The maximum absolute atomic E-state index is 13.6. The molecule has 39 heavy (non-hydrogen) atoms. The maximum Gasteiger partial charge on any atom is 0.255 e. The molecule has 2 fully saturated rings. The highest BCUT2D eigenvalue weighted by atomic mass is 16.5. The normalized spacial score (nSPS) is 16.1. The average Bonchev–Trinajstić information content (AvgIpc) is 2.98. The van der Waals surface area contributed by atoms with Crippen LogP contribution in [-0.2, 0) is 0 Å². The molecule has 1 saturated carbocycles. The first-order chi connectivity index (χ1) is 19.0. The molecular weight excluding hydrogens is 488 g/mol. The van der Waals surface area contributed by atoms with Crippen LogP contribution in [0.3, 0.4) is 0 Å². The van der Waals surface area contributed by atoms with Crippen molar-refractivity contribution in [3.8, 4) is 5.75 Å². The largest absolute Gasteiger partial charge is 0.495 e. The van der Waals surface area contributed by atoms with Crippen molar-refractivity contribution in [3.05, 3.63) is 83.4 Å². The highest BCUT2D eigenvalue weighted by Gasteiger charge is 2.25. The van der Waals surface area contributed by atoms with Crippen LogP contribution in [0.25, 0.3) is 0 Å². The van der Waals surface area contributed by atoms with Crippen LogP contribution in [0.1, 0.15) is 58.4 Å². The first-order valence-electron chi connectivity index (χ1n) is 14.0. The van der Waals surface area contributed by atoms with Gasteiger partial charge in [0.15, 0.2) is 0 Å². The van der Waals surface area contributed by atoms with Crippen LogP contribution in [0.4, 0.5) is 17.1 Å². The molecule has 2 amide bonds. The molecule has 0 bridgehead atoms. The number of carbonyl (C=O) groups is 2. The summed E-state index contributed by atoms with van der Waals surface area (Å²) in [6.45, 7) is 5.10. The standard InChI is InChI=1S/C32H38N4O3/c1-23-10-6-7-13-26(23)31(37)34-25-16-17-28(27(22-25)32(38)33-24-11-4-3-5-12-24)35-18-20-36(21-19-35)29-14-8-9-15-30(29)39-2/h6-10,13-17,22,24H,3-5,11-12,18-21H2,1-2H3,(H,33,38)(H,34,37). The van der Waals surface area contributed by atoms with Crippen molar-refractivity contribution in [1.82, 2.24) is 5.32 Å². The quantitative estimate of drug-likeness (QED) is 0.417. The molecule has 0 unspecified atom stereocenters. The average molecular weight is 527 g/mol. The molecule has 0 spiro atoms. The number of amides is 2. The van der Waals surface area contributed by atoms with Crippen molar-refractivity contribution in [3.63, 3.8) is 0 Å². The van der Waals surface area contributed by atoms with Crippen molar-refractivity contribution in [2.75, 3.05) is 48.4 Å². The second-order valence-electron chi connectivity index (χ2n) is 10.5. The lowest BCUT2D eigenvalue weighted by Gasteiger charge is -2.38. The number of carbonyl (C=O) groups excluding carboxylic acids is 2. The van der Waals surface area contributed by atoms with Gasteiger partial charge in [-0.25, -0.2) is 0 Å². The Morgan fingerprint density at radius 3 is 2.15 bits per heavy atom. The molecule has 2 N–H and O–H groups in total. The molecule has 1 aliphatic carbocycles. The smallest absolute Gasteiger partial charge is 0.255 e. The number of anilines is 3. The van der Waals surface area contributed by atoms with E-state index >= 15 is 0 Å². The molecule has 3 aromatic carbocycles. The lowest BCUT2D eigenvalue weighted by atomic mass is 9.95. The van der Waals surface area contributed by atoms with E-state index in [1.54, 1.807) is 7.11 Å². The van der Waals surface area contributed by atoms with Crippen LogP contribution in [0.5, 0.6) is 5.75 Å². The van der Waals surface area contributed by atoms with Crippen LogP contribution in [0, 0.1) is 6.92 Å². The van der Waals surface area contributed by atoms with E-state index < -0.39 is 0 Å². The van der Waals surface area contributed by atoms with E-state index in [-0.39, 0.29) is 17.9 Å². The van der Waals surface area contributed by atoms with Gasteiger partial charge >= 0.3 is 0 Å². The molecule has 0 aromatic heterocycles. The van der Waals surface area contributed by atoms with Crippen molar-refractivity contribution >= 4 is 28.9 Å². The van der Waals surface area contributed by atoms with E-state index in [9.17, 15) is 9.59 Å². The van der Waals surface area contributed by atoms with Gasteiger partial charge < -0.3 is 25.2 Å². The zero-order chi connectivity index (χ0) is 27.2. The van der Waals surface area contributed by atoms with Gasteiger partial charge in [0.1, 0.15) is 5.75 Å². The topological polar surface area (TPSA) is 73.9 Å². The van der Waals surface area contributed by atoms with E-state index in [1.807, 2.05) is 67.6 Å². The number of hydrogen-bond donors (Lipinski definition) is 2. The Labute approximate surface area is 231 Å². The van der Waals surface area contributed by atoms with Crippen molar-refractivity contribution < 1.29 is 14.3 Å². The number of benzene rings is 3. The summed E-state index contributed by atoms with van der Waals surface area (Å²) in [6.07, 6.45) is 5.56. The van der Waals surface area contributed by atoms with Gasteiger partial charge in [-0.3, -0.25) is 9.59 Å². The zero-order valence-electron chi connectivity index (χ0n) is 22.9. The Morgan fingerprint density at radius 1 is 0.769 bits per heavy atom. The predicted molar refractivity (Wildman–Crippen MR) is 157 cm³/mol. The van der Waals surface area contributed by atoms with Gasteiger partial charge in [0, 0.05) is 49.2 Å². The van der Waals surface area contributed by atoms with Crippen molar-refractivity contribution in [2.45, 2.75) is 45.1 Å². The van der Waals surface area contributed by atoms with E-state index in [2.05, 4.69) is 26.5 Å². The zero-order valence-corrected chi connectivity index (χ0v) is 22.9. The minimum Gasteiger partial charge on any atom is -0.495 e. The minimum absolute atomic E-state index is 0.0731. The molecule has 0 radical (unpaired) electrons. The lowest BCUT2D eigenvalue weighted by Crippen LogP contribution is -2.47. The molecular formula is C32H38N4O3. The van der Waals surface area contributed by atoms with Gasteiger partial charge in [-0.15, -0.1) is 0 Å². The fourth-order valence-electron chi connectivity index (χ4n) is 5.69. The van der Waals surface area contributed by atoms with Crippen LogP contribution in [0.2, 0.25) is 0 Å². The van der Waals surface area contributed by atoms with Gasteiger partial charge in [-0.2, -0.15) is 0 Å². The van der Waals surface area contributed by atoms with E-state index in [0.29, 0.717) is 16.8 Å². The van der Waals surface area contributed by atoms with Crippen molar-refractivity contribution in [1.29, 1.82) is 0 Å². The summed E-state index contributed by atoms with van der Waals surface area (Å²) in [5.41, 5.74) is 4.75. The third kappa shape index (κ3) is 6.19. The number of nitrogens with one attached hydrogen (secondary N) is 2.